The van der Waals surface area contributed by atoms with E-state index in [0.717, 1.165) is 26.2 Å². The number of likely N-dealkylation sites (N-methyl/N-ethyl adjacent to an activating group) is 1. The first-order valence-corrected chi connectivity index (χ1v) is 7.78. The fraction of sp³-hybridized carbons (Fsp3) is 0.727. The Morgan fingerprint density at radius 3 is 2.56 bits per heavy atom. The number of carbonyl (C=O) groups is 1. The van der Waals surface area contributed by atoms with Gasteiger partial charge in [-0.1, -0.05) is 6.08 Å². The lowest BCUT2D eigenvalue weighted by Crippen LogP contribution is -2.50. The molecule has 1 saturated heterocycles. The van der Waals surface area contributed by atoms with Crippen LogP contribution < -0.4 is 5.32 Å². The van der Waals surface area contributed by atoms with Crippen LogP contribution in [0.15, 0.2) is 11.5 Å². The van der Waals surface area contributed by atoms with E-state index in [1.165, 1.54) is 5.41 Å². The summed E-state index contributed by atoms with van der Waals surface area (Å²) in [4.78, 5) is 15.9. The molecule has 2 rings (SSSR count). The fourth-order valence-electron chi connectivity index (χ4n) is 2.09. The lowest BCUT2D eigenvalue weighted by molar-refractivity contribution is -0.131. The van der Waals surface area contributed by atoms with Crippen molar-refractivity contribution in [2.45, 2.75) is 6.04 Å². The number of hydrogen-bond donors (Lipinski definition) is 1. The Morgan fingerprint density at radius 2 is 2.00 bits per heavy atom. The van der Waals surface area contributed by atoms with Gasteiger partial charge >= 0.3 is 0 Å². The number of nitrogens with one attached hydrogen (secondary N) is 1. The summed E-state index contributed by atoms with van der Waals surface area (Å²) in [5.41, 5.74) is 0. The van der Waals surface area contributed by atoms with Crippen molar-refractivity contribution in [3.8, 4) is 0 Å². The third-order valence-electron chi connectivity index (χ3n) is 3.30. The highest BCUT2D eigenvalue weighted by Gasteiger charge is 2.23. The summed E-state index contributed by atoms with van der Waals surface area (Å²) in [5, 5.41) is 4.19. The van der Waals surface area contributed by atoms with Crippen molar-refractivity contribution in [3.63, 3.8) is 0 Å². The van der Waals surface area contributed by atoms with Gasteiger partial charge in [-0.15, -0.1) is 0 Å². The van der Waals surface area contributed by atoms with Crippen molar-refractivity contribution in [1.82, 2.24) is 15.1 Å². The van der Waals surface area contributed by atoms with Gasteiger partial charge in [0, 0.05) is 37.6 Å². The Bertz CT molecular complexity index is 438. The lowest BCUT2D eigenvalue weighted by atomic mass is 10.3. The normalized spacial score (nSPS) is 27.6. The lowest BCUT2D eigenvalue weighted by Gasteiger charge is -2.32. The summed E-state index contributed by atoms with van der Waals surface area (Å²) in [5.74, 6) is 0.101. The number of carbonyl (C=O) groups excluding carboxylic acids is 1. The molecule has 2 aliphatic heterocycles. The maximum Gasteiger partial charge on any atom is 0.236 e. The van der Waals surface area contributed by atoms with Gasteiger partial charge in [0.1, 0.15) is 0 Å². The Labute approximate surface area is 108 Å². The van der Waals surface area contributed by atoms with Gasteiger partial charge in [-0.25, -0.2) is 8.42 Å². The van der Waals surface area contributed by atoms with E-state index < -0.39 is 9.84 Å². The molecule has 7 heteroatoms. The summed E-state index contributed by atoms with van der Waals surface area (Å²) in [6, 6.07) is -0.230. The minimum Gasteiger partial charge on any atom is -0.339 e. The Hall–Kier alpha value is -0.920. The van der Waals surface area contributed by atoms with Crippen LogP contribution >= 0.6 is 0 Å². The zero-order valence-electron chi connectivity index (χ0n) is 10.5. The van der Waals surface area contributed by atoms with Gasteiger partial charge < -0.3 is 15.1 Å². The van der Waals surface area contributed by atoms with Gasteiger partial charge in [-0.2, -0.15) is 0 Å². The molecule has 18 heavy (non-hydrogen) atoms. The summed E-state index contributed by atoms with van der Waals surface area (Å²) in [7, 11) is -1.01. The monoisotopic (exact) mass is 273 g/mol. The molecule has 0 aliphatic carbocycles. The minimum absolute atomic E-state index is 0.0424. The summed E-state index contributed by atoms with van der Waals surface area (Å²) in [6.45, 7) is 3.48. The quantitative estimate of drug-likeness (QED) is 0.689. The van der Waals surface area contributed by atoms with E-state index in [4.69, 9.17) is 0 Å². The zero-order chi connectivity index (χ0) is 13.2. The fourth-order valence-corrected chi connectivity index (χ4v) is 3.36. The Balaban J connectivity index is 1.74. The molecule has 102 valence electrons. The van der Waals surface area contributed by atoms with Gasteiger partial charge in [-0.3, -0.25) is 4.79 Å². The molecule has 0 bridgehead atoms. The average molecular weight is 273 g/mol. The third-order valence-corrected chi connectivity index (χ3v) is 4.70. The van der Waals surface area contributed by atoms with Crippen LogP contribution in [-0.2, 0) is 14.6 Å². The van der Waals surface area contributed by atoms with Crippen molar-refractivity contribution in [1.29, 1.82) is 0 Å². The van der Waals surface area contributed by atoms with E-state index in [-0.39, 0.29) is 24.2 Å². The molecule has 1 N–H and O–H groups in total. The molecule has 1 fully saturated rings. The van der Waals surface area contributed by atoms with Crippen molar-refractivity contribution in [3.05, 3.63) is 11.5 Å². The SMILES string of the molecule is CN1CCN(C(=O)CNC2C=CS(=O)(=O)C2)CC1. The summed E-state index contributed by atoms with van der Waals surface area (Å²) >= 11 is 0. The van der Waals surface area contributed by atoms with Crippen LogP contribution in [0.5, 0.6) is 0 Å². The molecule has 1 amide bonds. The van der Waals surface area contributed by atoms with Gasteiger partial charge in [0.2, 0.25) is 5.91 Å². The van der Waals surface area contributed by atoms with Gasteiger partial charge in [-0.05, 0) is 7.05 Å². The second-order valence-corrected chi connectivity index (χ2v) is 6.76. The number of sulfone groups is 1. The Kier molecular flexibility index (Phi) is 4.04. The molecular formula is C11H19N3O3S. The van der Waals surface area contributed by atoms with Crippen LogP contribution in [0.3, 0.4) is 0 Å². The molecule has 2 aliphatic rings. The van der Waals surface area contributed by atoms with E-state index in [2.05, 4.69) is 10.2 Å². The highest BCUT2D eigenvalue weighted by atomic mass is 32.2. The molecule has 6 nitrogen and oxygen atoms in total. The van der Waals surface area contributed by atoms with Gasteiger partial charge in [0.15, 0.2) is 9.84 Å². The third kappa shape index (κ3) is 3.54. The van der Waals surface area contributed by atoms with Gasteiger partial charge in [0.25, 0.3) is 0 Å². The number of piperazine rings is 1. The molecule has 0 radical (unpaired) electrons. The minimum atomic E-state index is -3.05. The molecule has 0 aromatic rings. The van der Waals surface area contributed by atoms with Crippen molar-refractivity contribution < 1.29 is 13.2 Å². The van der Waals surface area contributed by atoms with Crippen LogP contribution in [0.4, 0.5) is 0 Å². The average Bonchev–Trinajstić information content (AvgIpc) is 2.67. The number of hydrogen-bond acceptors (Lipinski definition) is 5. The first-order chi connectivity index (χ1) is 8.46. The van der Waals surface area contributed by atoms with Gasteiger partial charge in [0.05, 0.1) is 12.3 Å². The van der Waals surface area contributed by atoms with Crippen molar-refractivity contribution in [2.24, 2.45) is 0 Å². The standard InChI is InChI=1S/C11H19N3O3S/c1-13-3-5-14(6-4-13)11(15)8-12-10-2-7-18(16,17)9-10/h2,7,10,12H,3-6,8-9H2,1H3. The molecule has 2 heterocycles. The number of rotatable bonds is 3. The van der Waals surface area contributed by atoms with Crippen LogP contribution in [-0.4, -0.2) is 75.7 Å². The zero-order valence-corrected chi connectivity index (χ0v) is 11.3. The second-order valence-electron chi connectivity index (χ2n) is 4.83. The predicted molar refractivity (Wildman–Crippen MR) is 68.8 cm³/mol. The number of nitrogens with zero attached hydrogens (tertiary/aromatic N) is 2. The largest absolute Gasteiger partial charge is 0.339 e. The predicted octanol–water partition coefficient (Wildman–Crippen LogP) is -1.34. The van der Waals surface area contributed by atoms with Crippen LogP contribution in [0, 0.1) is 0 Å². The molecule has 1 atom stereocenters. The smallest absolute Gasteiger partial charge is 0.236 e. The second kappa shape index (κ2) is 5.38. The van der Waals surface area contributed by atoms with Crippen molar-refractivity contribution >= 4 is 15.7 Å². The Morgan fingerprint density at radius 1 is 1.33 bits per heavy atom. The van der Waals surface area contributed by atoms with E-state index in [1.54, 1.807) is 6.08 Å². The van der Waals surface area contributed by atoms with Crippen LogP contribution in [0.1, 0.15) is 0 Å². The maximum atomic E-state index is 11.9. The van der Waals surface area contributed by atoms with E-state index in [9.17, 15) is 13.2 Å². The maximum absolute atomic E-state index is 11.9. The van der Waals surface area contributed by atoms with E-state index in [1.807, 2.05) is 11.9 Å². The summed E-state index contributed by atoms with van der Waals surface area (Å²) < 4.78 is 22.4. The van der Waals surface area contributed by atoms with E-state index >= 15 is 0 Å². The summed E-state index contributed by atoms with van der Waals surface area (Å²) in [6.07, 6.45) is 1.60. The highest BCUT2D eigenvalue weighted by molar-refractivity contribution is 7.94. The molecule has 0 spiro atoms. The number of amides is 1. The van der Waals surface area contributed by atoms with Crippen LogP contribution in [0.2, 0.25) is 0 Å². The highest BCUT2D eigenvalue weighted by Crippen LogP contribution is 2.07. The molecule has 0 saturated carbocycles. The molecule has 0 aromatic carbocycles. The topological polar surface area (TPSA) is 69.7 Å². The first kappa shape index (κ1) is 13.5. The van der Waals surface area contributed by atoms with Crippen LogP contribution in [0.25, 0.3) is 0 Å². The van der Waals surface area contributed by atoms with E-state index in [0.29, 0.717) is 0 Å². The first-order valence-electron chi connectivity index (χ1n) is 6.07. The molecule has 0 aromatic heterocycles. The molecule has 1 unspecified atom stereocenters. The van der Waals surface area contributed by atoms with Crippen molar-refractivity contribution in [2.75, 3.05) is 45.5 Å². The molecular weight excluding hydrogens is 254 g/mol.